The first-order valence-electron chi connectivity index (χ1n) is 7.73. The Morgan fingerprint density at radius 3 is 2.70 bits per heavy atom. The van der Waals surface area contributed by atoms with Crippen LogP contribution in [-0.2, 0) is 11.3 Å². The monoisotopic (exact) mass is 314 g/mol. The number of ether oxygens (including phenoxy) is 1. The van der Waals surface area contributed by atoms with Crippen molar-refractivity contribution < 1.29 is 9.53 Å². The van der Waals surface area contributed by atoms with E-state index in [2.05, 4.69) is 10.4 Å². The second-order valence-corrected chi connectivity index (χ2v) is 6.20. The van der Waals surface area contributed by atoms with Crippen LogP contribution in [0.15, 0.2) is 36.5 Å². The Morgan fingerprint density at radius 2 is 2.00 bits per heavy atom. The van der Waals surface area contributed by atoms with Crippen LogP contribution in [0.4, 0.5) is 5.82 Å². The van der Waals surface area contributed by atoms with Crippen molar-refractivity contribution in [2.24, 2.45) is 0 Å². The SMILES string of the molecule is COc1ccc(Cn2nccc2N2CCNC(C)(C)C2=O)cc1. The maximum absolute atomic E-state index is 12.6. The highest BCUT2D eigenvalue weighted by atomic mass is 16.5. The van der Waals surface area contributed by atoms with Crippen LogP contribution in [0, 0.1) is 0 Å². The Kier molecular flexibility index (Phi) is 4.09. The Hall–Kier alpha value is -2.34. The van der Waals surface area contributed by atoms with Gasteiger partial charge in [0, 0.05) is 19.2 Å². The van der Waals surface area contributed by atoms with Crippen LogP contribution in [-0.4, -0.2) is 41.4 Å². The van der Waals surface area contributed by atoms with E-state index in [4.69, 9.17) is 4.74 Å². The summed E-state index contributed by atoms with van der Waals surface area (Å²) in [6, 6.07) is 9.76. The molecular weight excluding hydrogens is 292 g/mol. The van der Waals surface area contributed by atoms with E-state index in [1.165, 1.54) is 0 Å². The van der Waals surface area contributed by atoms with Crippen molar-refractivity contribution in [3.05, 3.63) is 42.1 Å². The number of carbonyl (C=O) groups excluding carboxylic acids is 1. The number of hydrogen-bond acceptors (Lipinski definition) is 4. The van der Waals surface area contributed by atoms with Gasteiger partial charge in [0.1, 0.15) is 11.6 Å². The summed E-state index contributed by atoms with van der Waals surface area (Å²) in [7, 11) is 1.65. The molecule has 0 aliphatic carbocycles. The van der Waals surface area contributed by atoms with Gasteiger partial charge >= 0.3 is 0 Å². The number of methoxy groups -OCH3 is 1. The van der Waals surface area contributed by atoms with Gasteiger partial charge in [-0.3, -0.25) is 9.69 Å². The summed E-state index contributed by atoms with van der Waals surface area (Å²) in [6.45, 7) is 5.85. The van der Waals surface area contributed by atoms with Crippen molar-refractivity contribution in [1.29, 1.82) is 0 Å². The largest absolute Gasteiger partial charge is 0.497 e. The Labute approximate surface area is 136 Å². The molecule has 0 unspecified atom stereocenters. The molecule has 6 heteroatoms. The first-order valence-corrected chi connectivity index (χ1v) is 7.73. The molecule has 1 aliphatic heterocycles. The average molecular weight is 314 g/mol. The van der Waals surface area contributed by atoms with Gasteiger partial charge in [-0.15, -0.1) is 0 Å². The summed E-state index contributed by atoms with van der Waals surface area (Å²) in [5, 5.41) is 7.63. The molecule has 0 bridgehead atoms. The quantitative estimate of drug-likeness (QED) is 0.932. The second-order valence-electron chi connectivity index (χ2n) is 6.20. The summed E-state index contributed by atoms with van der Waals surface area (Å²) in [5.41, 5.74) is 0.561. The topological polar surface area (TPSA) is 59.4 Å². The number of benzene rings is 1. The van der Waals surface area contributed by atoms with Crippen LogP contribution in [0.1, 0.15) is 19.4 Å². The molecule has 0 atom stereocenters. The smallest absolute Gasteiger partial charge is 0.247 e. The molecule has 122 valence electrons. The molecule has 0 radical (unpaired) electrons. The summed E-state index contributed by atoms with van der Waals surface area (Å²) < 4.78 is 7.04. The fourth-order valence-electron chi connectivity index (χ4n) is 2.79. The van der Waals surface area contributed by atoms with Crippen LogP contribution in [0.3, 0.4) is 0 Å². The van der Waals surface area contributed by atoms with Crippen molar-refractivity contribution in [3.8, 4) is 5.75 Å². The average Bonchev–Trinajstić information content (AvgIpc) is 2.99. The number of nitrogens with zero attached hydrogens (tertiary/aromatic N) is 3. The Balaban J connectivity index is 1.83. The van der Waals surface area contributed by atoms with E-state index in [1.54, 1.807) is 13.3 Å². The van der Waals surface area contributed by atoms with E-state index in [0.717, 1.165) is 23.7 Å². The van der Waals surface area contributed by atoms with E-state index in [0.29, 0.717) is 13.1 Å². The van der Waals surface area contributed by atoms with Gasteiger partial charge in [-0.1, -0.05) is 12.1 Å². The Bertz CT molecular complexity index is 691. The molecule has 1 saturated heterocycles. The lowest BCUT2D eigenvalue weighted by molar-refractivity contribution is -0.125. The number of anilines is 1. The number of rotatable bonds is 4. The van der Waals surface area contributed by atoms with Crippen LogP contribution >= 0.6 is 0 Å². The van der Waals surface area contributed by atoms with Gasteiger partial charge in [0.15, 0.2) is 0 Å². The van der Waals surface area contributed by atoms with Gasteiger partial charge in [-0.05, 0) is 31.5 Å². The molecule has 23 heavy (non-hydrogen) atoms. The van der Waals surface area contributed by atoms with Gasteiger partial charge in [-0.25, -0.2) is 4.68 Å². The molecule has 1 aliphatic rings. The molecular formula is C17H22N4O2. The van der Waals surface area contributed by atoms with Crippen molar-refractivity contribution in [3.63, 3.8) is 0 Å². The molecule has 0 spiro atoms. The summed E-state index contributed by atoms with van der Waals surface area (Å²) >= 11 is 0. The van der Waals surface area contributed by atoms with Gasteiger partial charge in [-0.2, -0.15) is 5.10 Å². The third-order valence-electron chi connectivity index (χ3n) is 4.14. The van der Waals surface area contributed by atoms with Crippen LogP contribution in [0.25, 0.3) is 0 Å². The minimum Gasteiger partial charge on any atom is -0.497 e. The maximum Gasteiger partial charge on any atom is 0.247 e. The van der Waals surface area contributed by atoms with Crippen molar-refractivity contribution >= 4 is 11.7 Å². The molecule has 2 aromatic rings. The highest BCUT2D eigenvalue weighted by Gasteiger charge is 2.37. The summed E-state index contributed by atoms with van der Waals surface area (Å²) in [6.07, 6.45) is 1.74. The van der Waals surface area contributed by atoms with Crippen LogP contribution in [0.2, 0.25) is 0 Å². The lowest BCUT2D eigenvalue weighted by Crippen LogP contribution is -2.61. The van der Waals surface area contributed by atoms with Crippen LogP contribution < -0.4 is 15.0 Å². The zero-order valence-corrected chi connectivity index (χ0v) is 13.7. The second kappa shape index (κ2) is 6.04. The van der Waals surface area contributed by atoms with E-state index >= 15 is 0 Å². The highest BCUT2D eigenvalue weighted by molar-refractivity contribution is 5.99. The van der Waals surface area contributed by atoms with Gasteiger partial charge in [0.05, 0.1) is 25.4 Å². The lowest BCUT2D eigenvalue weighted by Gasteiger charge is -2.37. The van der Waals surface area contributed by atoms with Crippen molar-refractivity contribution in [2.45, 2.75) is 25.9 Å². The van der Waals surface area contributed by atoms with E-state index in [1.807, 2.05) is 53.8 Å². The normalized spacial score (nSPS) is 17.3. The number of amides is 1. The first-order chi connectivity index (χ1) is 11.0. The molecule has 1 amide bonds. The lowest BCUT2D eigenvalue weighted by atomic mass is 10.0. The maximum atomic E-state index is 12.6. The molecule has 1 aromatic carbocycles. The molecule has 1 N–H and O–H groups in total. The number of hydrogen-bond donors (Lipinski definition) is 1. The third-order valence-corrected chi connectivity index (χ3v) is 4.14. The van der Waals surface area contributed by atoms with E-state index < -0.39 is 5.54 Å². The molecule has 1 fully saturated rings. The standard InChI is InChI=1S/C17H22N4O2/c1-17(2)16(22)20(11-10-18-17)15-8-9-19-21(15)12-13-4-6-14(23-3)7-5-13/h4-9,18H,10-12H2,1-3H3. The van der Waals surface area contributed by atoms with E-state index in [-0.39, 0.29) is 5.91 Å². The molecule has 6 nitrogen and oxygen atoms in total. The molecule has 0 saturated carbocycles. The molecule has 1 aromatic heterocycles. The predicted octanol–water partition coefficient (Wildman–Crippen LogP) is 1.65. The zero-order chi connectivity index (χ0) is 16.4. The Morgan fingerprint density at radius 1 is 1.26 bits per heavy atom. The first kappa shape index (κ1) is 15.6. The van der Waals surface area contributed by atoms with Gasteiger partial charge < -0.3 is 10.1 Å². The van der Waals surface area contributed by atoms with Crippen LogP contribution in [0.5, 0.6) is 5.75 Å². The third kappa shape index (κ3) is 3.07. The minimum atomic E-state index is -0.548. The van der Waals surface area contributed by atoms with Gasteiger partial charge in [0.25, 0.3) is 0 Å². The summed E-state index contributed by atoms with van der Waals surface area (Å²) in [4.78, 5) is 14.5. The summed E-state index contributed by atoms with van der Waals surface area (Å²) in [5.74, 6) is 1.73. The number of carbonyl (C=O) groups is 1. The van der Waals surface area contributed by atoms with Gasteiger partial charge in [0.2, 0.25) is 5.91 Å². The highest BCUT2D eigenvalue weighted by Crippen LogP contribution is 2.22. The molecule has 2 heterocycles. The minimum absolute atomic E-state index is 0.0697. The number of nitrogens with one attached hydrogen (secondary N) is 1. The fraction of sp³-hybridized carbons (Fsp3) is 0.412. The zero-order valence-electron chi connectivity index (χ0n) is 13.7. The van der Waals surface area contributed by atoms with Crippen molar-refractivity contribution in [2.75, 3.05) is 25.1 Å². The van der Waals surface area contributed by atoms with E-state index in [9.17, 15) is 4.79 Å². The molecule has 3 rings (SSSR count). The number of piperazine rings is 1. The van der Waals surface area contributed by atoms with Crippen molar-refractivity contribution in [1.82, 2.24) is 15.1 Å². The fourth-order valence-corrected chi connectivity index (χ4v) is 2.79. The predicted molar refractivity (Wildman–Crippen MR) is 88.8 cm³/mol. The number of aromatic nitrogens is 2.